The Morgan fingerprint density at radius 2 is 1.66 bits per heavy atom. The maximum atomic E-state index is 13.9. The summed E-state index contributed by atoms with van der Waals surface area (Å²) in [5, 5.41) is 15.9. The molecule has 1 aliphatic rings. The van der Waals surface area contributed by atoms with Crippen molar-refractivity contribution in [2.45, 2.75) is 123 Å². The van der Waals surface area contributed by atoms with E-state index in [4.69, 9.17) is 4.74 Å². The zero-order valence-corrected chi connectivity index (χ0v) is 24.3. The molecule has 1 fully saturated rings. The molecule has 3 amide bonds. The maximum absolute atomic E-state index is 13.9. The molecule has 1 aromatic carbocycles. The molecule has 2 rings (SSSR count). The minimum Gasteiger partial charge on any atom is -0.444 e. The number of hydrogen-bond acceptors (Lipinski definition) is 5. The van der Waals surface area contributed by atoms with Crippen molar-refractivity contribution in [3.63, 3.8) is 0 Å². The standard InChI is InChI=1S/C30H49N3O5/c1-7-8-9-13-16-33(28(36)25(20-34)32-29(37)38-30(4,5)6)26(23-18-21(2)17-22(3)19-23)27(35)31-24-14-11-10-12-15-24/h17-19,24-26,34H,7-16,20H2,1-6H3,(H,31,35)(H,32,37). The van der Waals surface area contributed by atoms with E-state index in [1.807, 2.05) is 32.0 Å². The number of amides is 3. The van der Waals surface area contributed by atoms with Crippen molar-refractivity contribution in [3.8, 4) is 0 Å². The highest BCUT2D eigenvalue weighted by Crippen LogP contribution is 2.27. The SMILES string of the molecule is CCCCCCN(C(=O)C(CO)NC(=O)OC(C)(C)C)C(C(=O)NC1CCCCC1)c1cc(C)cc(C)c1. The zero-order valence-electron chi connectivity index (χ0n) is 24.3. The number of benzene rings is 1. The van der Waals surface area contributed by atoms with Gasteiger partial charge in [-0.15, -0.1) is 0 Å². The molecule has 1 aliphatic carbocycles. The maximum Gasteiger partial charge on any atom is 0.408 e. The Balaban J connectivity index is 2.44. The molecule has 0 spiro atoms. The van der Waals surface area contributed by atoms with Crippen molar-refractivity contribution in [2.24, 2.45) is 0 Å². The Hall–Kier alpha value is -2.61. The van der Waals surface area contributed by atoms with Gasteiger partial charge in [-0.3, -0.25) is 9.59 Å². The molecule has 0 saturated heterocycles. The summed E-state index contributed by atoms with van der Waals surface area (Å²) < 4.78 is 5.33. The molecule has 0 bridgehead atoms. The number of aliphatic hydroxyl groups is 1. The number of nitrogens with zero attached hydrogens (tertiary/aromatic N) is 1. The number of nitrogens with one attached hydrogen (secondary N) is 2. The van der Waals surface area contributed by atoms with Gasteiger partial charge in [-0.25, -0.2) is 4.79 Å². The zero-order chi connectivity index (χ0) is 28.3. The fourth-order valence-corrected chi connectivity index (χ4v) is 5.08. The smallest absolute Gasteiger partial charge is 0.408 e. The van der Waals surface area contributed by atoms with E-state index in [2.05, 4.69) is 17.6 Å². The summed E-state index contributed by atoms with van der Waals surface area (Å²) in [6.45, 7) is 11.0. The quantitative estimate of drug-likeness (QED) is 0.326. The second-order valence-electron chi connectivity index (χ2n) is 11.6. The lowest BCUT2D eigenvalue weighted by atomic mass is 9.94. The van der Waals surface area contributed by atoms with E-state index in [9.17, 15) is 19.5 Å². The number of hydrogen-bond donors (Lipinski definition) is 3. The van der Waals surface area contributed by atoms with Crippen LogP contribution in [0.1, 0.15) is 108 Å². The van der Waals surface area contributed by atoms with E-state index in [0.717, 1.165) is 61.6 Å². The van der Waals surface area contributed by atoms with Gasteiger partial charge >= 0.3 is 6.09 Å². The molecule has 8 heteroatoms. The Labute approximate surface area is 228 Å². The van der Waals surface area contributed by atoms with Crippen LogP contribution < -0.4 is 10.6 Å². The molecule has 0 heterocycles. The number of carbonyl (C=O) groups is 3. The second-order valence-corrected chi connectivity index (χ2v) is 11.6. The molecule has 38 heavy (non-hydrogen) atoms. The van der Waals surface area contributed by atoms with Crippen LogP contribution in [-0.4, -0.2) is 58.8 Å². The number of ether oxygens (including phenoxy) is 1. The summed E-state index contributed by atoms with van der Waals surface area (Å²) >= 11 is 0. The van der Waals surface area contributed by atoms with Crippen LogP contribution in [-0.2, 0) is 14.3 Å². The van der Waals surface area contributed by atoms with E-state index in [-0.39, 0.29) is 11.9 Å². The Morgan fingerprint density at radius 1 is 1.03 bits per heavy atom. The average molecular weight is 532 g/mol. The molecule has 1 aromatic rings. The highest BCUT2D eigenvalue weighted by atomic mass is 16.6. The van der Waals surface area contributed by atoms with Crippen molar-refractivity contribution < 1.29 is 24.2 Å². The van der Waals surface area contributed by atoms with Crippen LogP contribution in [0.5, 0.6) is 0 Å². The van der Waals surface area contributed by atoms with Gasteiger partial charge in [0.05, 0.1) is 6.61 Å². The van der Waals surface area contributed by atoms with Crippen LogP contribution in [0.3, 0.4) is 0 Å². The number of alkyl carbamates (subject to hydrolysis) is 1. The predicted octanol–water partition coefficient (Wildman–Crippen LogP) is 5.09. The van der Waals surface area contributed by atoms with Crippen LogP contribution in [0, 0.1) is 13.8 Å². The third kappa shape index (κ3) is 10.3. The van der Waals surface area contributed by atoms with Crippen molar-refractivity contribution in [2.75, 3.05) is 13.2 Å². The minimum absolute atomic E-state index is 0.0789. The van der Waals surface area contributed by atoms with Crippen LogP contribution in [0.4, 0.5) is 4.79 Å². The van der Waals surface area contributed by atoms with Gasteiger partial charge in [0.2, 0.25) is 11.8 Å². The van der Waals surface area contributed by atoms with Crippen molar-refractivity contribution in [3.05, 3.63) is 34.9 Å². The third-order valence-corrected chi connectivity index (χ3v) is 6.78. The fraction of sp³-hybridized carbons (Fsp3) is 0.700. The van der Waals surface area contributed by atoms with Gasteiger partial charge in [-0.2, -0.15) is 0 Å². The largest absolute Gasteiger partial charge is 0.444 e. The second kappa shape index (κ2) is 15.1. The molecular weight excluding hydrogens is 482 g/mol. The van der Waals surface area contributed by atoms with Gasteiger partial charge in [0.1, 0.15) is 17.7 Å². The highest BCUT2D eigenvalue weighted by Gasteiger charge is 2.36. The van der Waals surface area contributed by atoms with Crippen LogP contribution in [0.15, 0.2) is 18.2 Å². The summed E-state index contributed by atoms with van der Waals surface area (Å²) in [6, 6.07) is 3.90. The van der Waals surface area contributed by atoms with Gasteiger partial charge in [0.25, 0.3) is 0 Å². The van der Waals surface area contributed by atoms with Crippen LogP contribution in [0.2, 0.25) is 0 Å². The highest BCUT2D eigenvalue weighted by molar-refractivity contribution is 5.92. The van der Waals surface area contributed by atoms with Gasteiger partial charge in [0.15, 0.2) is 0 Å². The minimum atomic E-state index is -1.23. The van der Waals surface area contributed by atoms with E-state index in [0.29, 0.717) is 13.0 Å². The summed E-state index contributed by atoms with van der Waals surface area (Å²) in [5.41, 5.74) is 1.97. The lowest BCUT2D eigenvalue weighted by Crippen LogP contribution is -2.55. The Bertz CT molecular complexity index is 901. The number of rotatable bonds is 12. The van der Waals surface area contributed by atoms with E-state index < -0.39 is 36.3 Å². The van der Waals surface area contributed by atoms with Gasteiger partial charge in [-0.1, -0.05) is 74.8 Å². The summed E-state index contributed by atoms with van der Waals surface area (Å²) in [7, 11) is 0. The number of aryl methyl sites for hydroxylation is 2. The fourth-order valence-electron chi connectivity index (χ4n) is 5.08. The predicted molar refractivity (Wildman–Crippen MR) is 150 cm³/mol. The molecular formula is C30H49N3O5. The molecule has 0 aliphatic heterocycles. The number of carbonyl (C=O) groups excluding carboxylic acids is 3. The number of unbranched alkanes of at least 4 members (excludes halogenated alkanes) is 3. The van der Waals surface area contributed by atoms with Crippen molar-refractivity contribution >= 4 is 17.9 Å². The molecule has 0 radical (unpaired) electrons. The first-order chi connectivity index (χ1) is 17.9. The van der Waals surface area contributed by atoms with Gasteiger partial charge in [-0.05, 0) is 59.4 Å². The molecule has 214 valence electrons. The average Bonchev–Trinajstić information content (AvgIpc) is 2.82. The molecule has 2 atom stereocenters. The summed E-state index contributed by atoms with van der Waals surface area (Å²) in [5.74, 6) is -0.725. The number of aliphatic hydroxyl groups excluding tert-OH is 1. The van der Waals surface area contributed by atoms with E-state index in [1.54, 1.807) is 25.7 Å². The van der Waals surface area contributed by atoms with E-state index in [1.165, 1.54) is 6.42 Å². The lowest BCUT2D eigenvalue weighted by Gasteiger charge is -2.35. The lowest BCUT2D eigenvalue weighted by molar-refractivity contribution is -0.143. The Kier molecular flexibility index (Phi) is 12.6. The monoisotopic (exact) mass is 531 g/mol. The molecule has 2 unspecified atom stereocenters. The molecule has 8 nitrogen and oxygen atoms in total. The van der Waals surface area contributed by atoms with Gasteiger partial charge < -0.3 is 25.4 Å². The van der Waals surface area contributed by atoms with Crippen molar-refractivity contribution in [1.82, 2.24) is 15.5 Å². The normalized spacial score (nSPS) is 15.9. The topological polar surface area (TPSA) is 108 Å². The molecule has 0 aromatic heterocycles. The Morgan fingerprint density at radius 3 is 2.21 bits per heavy atom. The third-order valence-electron chi connectivity index (χ3n) is 6.78. The first-order valence-electron chi connectivity index (χ1n) is 14.2. The summed E-state index contributed by atoms with van der Waals surface area (Å²) in [6.07, 6.45) is 8.06. The van der Waals surface area contributed by atoms with Crippen molar-refractivity contribution in [1.29, 1.82) is 0 Å². The first kappa shape index (κ1) is 31.6. The molecule has 3 N–H and O–H groups in total. The first-order valence-corrected chi connectivity index (χ1v) is 14.2. The summed E-state index contributed by atoms with van der Waals surface area (Å²) in [4.78, 5) is 41.9. The van der Waals surface area contributed by atoms with E-state index >= 15 is 0 Å². The van der Waals surface area contributed by atoms with Crippen LogP contribution >= 0.6 is 0 Å². The van der Waals surface area contributed by atoms with Crippen LogP contribution in [0.25, 0.3) is 0 Å². The van der Waals surface area contributed by atoms with Gasteiger partial charge in [0, 0.05) is 12.6 Å². The molecule has 1 saturated carbocycles.